The van der Waals surface area contributed by atoms with Crippen molar-refractivity contribution in [1.29, 1.82) is 0 Å². The summed E-state index contributed by atoms with van der Waals surface area (Å²) in [5, 5.41) is 9.80. The van der Waals surface area contributed by atoms with E-state index in [1.165, 1.54) is 0 Å². The summed E-state index contributed by atoms with van der Waals surface area (Å²) in [4.78, 5) is 4.19. The molecule has 1 aromatic carbocycles. The van der Waals surface area contributed by atoms with Crippen LogP contribution in [-0.4, -0.2) is 14.7 Å². The smallest absolute Gasteiger partial charge is 0.137 e. The van der Waals surface area contributed by atoms with Crippen LogP contribution in [0.3, 0.4) is 0 Å². The molecule has 0 aliphatic carbocycles. The van der Waals surface area contributed by atoms with Gasteiger partial charge in [0.1, 0.15) is 5.72 Å². The molecule has 0 unspecified atom stereocenters. The highest BCUT2D eigenvalue weighted by Gasteiger charge is 2.16. The molecule has 3 heteroatoms. The number of hydrogen-bond acceptors (Lipinski definition) is 2. The Bertz CT molecular complexity index is 426. The van der Waals surface area contributed by atoms with Crippen molar-refractivity contribution in [2.24, 2.45) is 0 Å². The van der Waals surface area contributed by atoms with Gasteiger partial charge in [0.2, 0.25) is 0 Å². The molecule has 0 bridgehead atoms. The lowest BCUT2D eigenvalue weighted by molar-refractivity contribution is 0.00570. The van der Waals surface area contributed by atoms with E-state index in [1.54, 1.807) is 24.7 Å². The molecule has 0 radical (unpaired) electrons. The van der Waals surface area contributed by atoms with Crippen LogP contribution in [0.25, 0.3) is 11.0 Å². The molecule has 1 heterocycles. The molecule has 3 nitrogen and oxygen atoms in total. The van der Waals surface area contributed by atoms with E-state index in [2.05, 4.69) is 4.98 Å². The maximum atomic E-state index is 9.80. The van der Waals surface area contributed by atoms with Gasteiger partial charge in [0, 0.05) is 0 Å². The number of nitrogens with zero attached hydrogens (tertiary/aromatic N) is 2. The number of hydrogen-bond donors (Lipinski definition) is 1. The third-order valence-electron chi connectivity index (χ3n) is 2.04. The van der Waals surface area contributed by atoms with E-state index in [9.17, 15) is 5.11 Å². The summed E-state index contributed by atoms with van der Waals surface area (Å²) in [5.74, 6) is 0. The van der Waals surface area contributed by atoms with Crippen molar-refractivity contribution >= 4 is 11.0 Å². The average molecular weight is 176 g/mol. The van der Waals surface area contributed by atoms with Gasteiger partial charge in [0.15, 0.2) is 0 Å². The molecular weight excluding hydrogens is 164 g/mol. The standard InChI is InChI=1S/C10H12N2O/c1-10(2,13)12-7-11-8-5-3-4-6-9(8)12/h3-7,13H,1-2H3. The quantitative estimate of drug-likeness (QED) is 0.718. The van der Waals surface area contributed by atoms with E-state index < -0.39 is 5.72 Å². The maximum Gasteiger partial charge on any atom is 0.137 e. The third kappa shape index (κ3) is 1.31. The van der Waals surface area contributed by atoms with Gasteiger partial charge in [-0.3, -0.25) is 0 Å². The number of aromatic nitrogens is 2. The average Bonchev–Trinajstić information content (AvgIpc) is 2.45. The Kier molecular flexibility index (Phi) is 1.63. The predicted octanol–water partition coefficient (Wildman–Crippen LogP) is 1.72. The molecule has 2 rings (SSSR count). The Hall–Kier alpha value is -1.35. The van der Waals surface area contributed by atoms with E-state index in [0.29, 0.717) is 0 Å². The zero-order valence-corrected chi connectivity index (χ0v) is 7.73. The van der Waals surface area contributed by atoms with Crippen molar-refractivity contribution in [3.05, 3.63) is 30.6 Å². The maximum absolute atomic E-state index is 9.80. The molecule has 0 aliphatic heterocycles. The number of rotatable bonds is 1. The van der Waals surface area contributed by atoms with Crippen LogP contribution in [0.15, 0.2) is 30.6 Å². The lowest BCUT2D eigenvalue weighted by Gasteiger charge is -2.19. The predicted molar refractivity (Wildman–Crippen MR) is 51.3 cm³/mol. The fourth-order valence-corrected chi connectivity index (χ4v) is 1.40. The number of para-hydroxylation sites is 2. The van der Waals surface area contributed by atoms with Crippen LogP contribution in [0.2, 0.25) is 0 Å². The van der Waals surface area contributed by atoms with E-state index in [0.717, 1.165) is 11.0 Å². The summed E-state index contributed by atoms with van der Waals surface area (Å²) in [6, 6.07) is 7.74. The van der Waals surface area contributed by atoms with Crippen LogP contribution in [0.5, 0.6) is 0 Å². The Morgan fingerprint density at radius 1 is 1.31 bits per heavy atom. The molecular formula is C10H12N2O. The number of benzene rings is 1. The molecule has 2 aromatic rings. The molecule has 68 valence electrons. The van der Waals surface area contributed by atoms with Crippen LogP contribution in [0.4, 0.5) is 0 Å². The first-order valence-corrected chi connectivity index (χ1v) is 4.24. The van der Waals surface area contributed by atoms with Gasteiger partial charge in [0.05, 0.1) is 17.4 Å². The van der Waals surface area contributed by atoms with E-state index in [1.807, 2.05) is 24.3 Å². The van der Waals surface area contributed by atoms with Crippen LogP contribution < -0.4 is 0 Å². The Labute approximate surface area is 76.6 Å². The molecule has 0 saturated heterocycles. The highest BCUT2D eigenvalue weighted by atomic mass is 16.3. The van der Waals surface area contributed by atoms with Crippen molar-refractivity contribution in [2.45, 2.75) is 19.6 Å². The Morgan fingerprint density at radius 2 is 2.00 bits per heavy atom. The minimum absolute atomic E-state index is 0.893. The monoisotopic (exact) mass is 176 g/mol. The van der Waals surface area contributed by atoms with Crippen molar-refractivity contribution < 1.29 is 5.11 Å². The summed E-state index contributed by atoms with van der Waals surface area (Å²) in [6.07, 6.45) is 1.66. The second kappa shape index (κ2) is 2.57. The molecule has 0 amide bonds. The molecule has 0 saturated carbocycles. The first kappa shape index (κ1) is 8.26. The van der Waals surface area contributed by atoms with E-state index >= 15 is 0 Å². The third-order valence-corrected chi connectivity index (χ3v) is 2.04. The molecule has 13 heavy (non-hydrogen) atoms. The van der Waals surface area contributed by atoms with Crippen molar-refractivity contribution in [1.82, 2.24) is 9.55 Å². The van der Waals surface area contributed by atoms with Gasteiger partial charge in [0.25, 0.3) is 0 Å². The Morgan fingerprint density at radius 3 is 2.69 bits per heavy atom. The molecule has 0 atom stereocenters. The van der Waals surface area contributed by atoms with Crippen LogP contribution >= 0.6 is 0 Å². The zero-order chi connectivity index (χ0) is 9.47. The highest BCUT2D eigenvalue weighted by molar-refractivity contribution is 5.75. The largest absolute Gasteiger partial charge is 0.371 e. The summed E-state index contributed by atoms with van der Waals surface area (Å²) >= 11 is 0. The number of imidazole rings is 1. The minimum Gasteiger partial charge on any atom is -0.371 e. The van der Waals surface area contributed by atoms with Crippen LogP contribution in [0, 0.1) is 0 Å². The summed E-state index contributed by atoms with van der Waals surface area (Å²) in [5.41, 5.74) is 0.968. The first-order valence-electron chi connectivity index (χ1n) is 4.24. The van der Waals surface area contributed by atoms with Gasteiger partial charge in [-0.1, -0.05) is 12.1 Å². The lowest BCUT2D eigenvalue weighted by atomic mass is 10.2. The van der Waals surface area contributed by atoms with Gasteiger partial charge < -0.3 is 9.67 Å². The SMILES string of the molecule is CC(C)(O)n1cnc2ccccc21. The second-order valence-corrected chi connectivity index (χ2v) is 3.60. The summed E-state index contributed by atoms with van der Waals surface area (Å²) in [6.45, 7) is 3.47. The number of fused-ring (bicyclic) bond motifs is 1. The van der Waals surface area contributed by atoms with E-state index in [-0.39, 0.29) is 0 Å². The zero-order valence-electron chi connectivity index (χ0n) is 7.73. The van der Waals surface area contributed by atoms with Crippen molar-refractivity contribution in [3.8, 4) is 0 Å². The Balaban J connectivity index is 2.72. The molecule has 0 fully saturated rings. The fraction of sp³-hybridized carbons (Fsp3) is 0.300. The van der Waals surface area contributed by atoms with Crippen LogP contribution in [0.1, 0.15) is 13.8 Å². The van der Waals surface area contributed by atoms with Gasteiger partial charge in [-0.15, -0.1) is 0 Å². The summed E-state index contributed by atoms with van der Waals surface area (Å²) < 4.78 is 1.75. The van der Waals surface area contributed by atoms with Crippen molar-refractivity contribution in [3.63, 3.8) is 0 Å². The van der Waals surface area contributed by atoms with Crippen molar-refractivity contribution in [2.75, 3.05) is 0 Å². The summed E-state index contributed by atoms with van der Waals surface area (Å²) in [7, 11) is 0. The van der Waals surface area contributed by atoms with Gasteiger partial charge in [-0.2, -0.15) is 0 Å². The van der Waals surface area contributed by atoms with Gasteiger partial charge >= 0.3 is 0 Å². The molecule has 0 aliphatic rings. The van der Waals surface area contributed by atoms with Gasteiger partial charge in [-0.25, -0.2) is 4.98 Å². The molecule has 1 N–H and O–H groups in total. The molecule has 1 aromatic heterocycles. The fourth-order valence-electron chi connectivity index (χ4n) is 1.40. The highest BCUT2D eigenvalue weighted by Crippen LogP contribution is 2.19. The molecule has 0 spiro atoms. The first-order chi connectivity index (χ1) is 6.09. The number of aliphatic hydroxyl groups is 1. The normalized spacial score (nSPS) is 12.2. The lowest BCUT2D eigenvalue weighted by Crippen LogP contribution is -2.24. The van der Waals surface area contributed by atoms with Gasteiger partial charge in [-0.05, 0) is 26.0 Å². The van der Waals surface area contributed by atoms with E-state index in [4.69, 9.17) is 0 Å². The topological polar surface area (TPSA) is 38.0 Å². The second-order valence-electron chi connectivity index (χ2n) is 3.60. The minimum atomic E-state index is -0.893. The van der Waals surface area contributed by atoms with Crippen LogP contribution in [-0.2, 0) is 5.72 Å².